The summed E-state index contributed by atoms with van der Waals surface area (Å²) in [6.07, 6.45) is 0. The van der Waals surface area contributed by atoms with Gasteiger partial charge in [-0.25, -0.2) is 0 Å². The summed E-state index contributed by atoms with van der Waals surface area (Å²) in [5.74, 6) is 0.225. The molecule has 11 heteroatoms. The molecular formula is C38H35N3O6S2. The van der Waals surface area contributed by atoms with Crippen LogP contribution in [-0.2, 0) is 21.9 Å². The predicted molar refractivity (Wildman–Crippen MR) is 192 cm³/mol. The first-order valence-corrected chi connectivity index (χ1v) is 17.5. The number of amides is 1. The van der Waals surface area contributed by atoms with Gasteiger partial charge in [0.05, 0.1) is 25.3 Å². The van der Waals surface area contributed by atoms with Crippen molar-refractivity contribution in [1.29, 1.82) is 0 Å². The number of ketones is 1. The number of aromatic nitrogens is 2. The largest absolute Gasteiger partial charge is 0.507 e. The number of Topliss-reactive ketones (excluding diaryl/α,β-unsaturated/α-hetero) is 1. The molecule has 1 fully saturated rings. The summed E-state index contributed by atoms with van der Waals surface area (Å²) in [7, 11) is 1.52. The lowest BCUT2D eigenvalue weighted by atomic mass is 9.95. The average molecular weight is 694 g/mol. The van der Waals surface area contributed by atoms with E-state index in [9.17, 15) is 14.7 Å². The Morgan fingerprint density at radius 1 is 0.878 bits per heavy atom. The summed E-state index contributed by atoms with van der Waals surface area (Å²) in [5.41, 5.74) is 5.29. The highest BCUT2D eigenvalue weighted by Crippen LogP contribution is 2.45. The molecule has 4 aromatic carbocycles. The van der Waals surface area contributed by atoms with Gasteiger partial charge in [-0.05, 0) is 73.9 Å². The van der Waals surface area contributed by atoms with Gasteiger partial charge in [-0.2, -0.15) is 0 Å². The van der Waals surface area contributed by atoms with E-state index in [1.807, 2.05) is 39.0 Å². The van der Waals surface area contributed by atoms with Gasteiger partial charge in [0.15, 0.2) is 15.8 Å². The quantitative estimate of drug-likeness (QED) is 0.0456. The molecule has 1 atom stereocenters. The van der Waals surface area contributed by atoms with Crippen LogP contribution in [-0.4, -0.2) is 40.7 Å². The SMILES string of the molecule is CCOc1ccc(C2/C(=C(\O)c3ccc(OCc4cccc(C)c4)cc3)C(=O)C(=O)N2c2nnc(SCc3ccc(C)cc3)s2)cc1OC. The second-order valence-corrected chi connectivity index (χ2v) is 13.6. The van der Waals surface area contributed by atoms with Crippen molar-refractivity contribution in [2.75, 3.05) is 18.6 Å². The van der Waals surface area contributed by atoms with Crippen molar-refractivity contribution in [3.8, 4) is 17.2 Å². The monoisotopic (exact) mass is 693 g/mol. The van der Waals surface area contributed by atoms with Crippen molar-refractivity contribution in [1.82, 2.24) is 10.2 Å². The highest BCUT2D eigenvalue weighted by atomic mass is 32.2. The maximum absolute atomic E-state index is 13.8. The highest BCUT2D eigenvalue weighted by Gasteiger charge is 2.48. The van der Waals surface area contributed by atoms with Crippen LogP contribution < -0.4 is 19.1 Å². The van der Waals surface area contributed by atoms with Crippen LogP contribution in [0.15, 0.2) is 101 Å². The molecular weight excluding hydrogens is 659 g/mol. The third kappa shape index (κ3) is 7.48. The minimum Gasteiger partial charge on any atom is -0.507 e. The van der Waals surface area contributed by atoms with Gasteiger partial charge in [0, 0.05) is 11.3 Å². The van der Waals surface area contributed by atoms with Crippen LogP contribution in [0, 0.1) is 13.8 Å². The van der Waals surface area contributed by atoms with E-state index in [0.29, 0.717) is 51.7 Å². The number of aliphatic hydroxyl groups is 1. The molecule has 1 N–H and O–H groups in total. The van der Waals surface area contributed by atoms with Crippen LogP contribution in [0.4, 0.5) is 5.13 Å². The van der Waals surface area contributed by atoms with Gasteiger partial charge < -0.3 is 19.3 Å². The van der Waals surface area contributed by atoms with Crippen molar-refractivity contribution in [3.05, 3.63) is 130 Å². The minimum absolute atomic E-state index is 0.0753. The van der Waals surface area contributed by atoms with Crippen molar-refractivity contribution in [2.45, 2.75) is 43.5 Å². The number of aliphatic hydroxyl groups excluding tert-OH is 1. The zero-order valence-corrected chi connectivity index (χ0v) is 29.1. The summed E-state index contributed by atoms with van der Waals surface area (Å²) in [5, 5.41) is 20.6. The molecule has 0 radical (unpaired) electrons. The molecule has 2 heterocycles. The summed E-state index contributed by atoms with van der Waals surface area (Å²) in [6, 6.07) is 27.2. The number of carbonyl (C=O) groups excluding carboxylic acids is 2. The number of rotatable bonds is 12. The van der Waals surface area contributed by atoms with Crippen LogP contribution in [0.1, 0.15) is 46.3 Å². The van der Waals surface area contributed by atoms with Crippen LogP contribution in [0.25, 0.3) is 5.76 Å². The minimum atomic E-state index is -1.01. The Morgan fingerprint density at radius 2 is 1.65 bits per heavy atom. The van der Waals surface area contributed by atoms with Gasteiger partial charge in [0.25, 0.3) is 5.78 Å². The third-order valence-corrected chi connectivity index (χ3v) is 10.1. The Kier molecular flexibility index (Phi) is 10.3. The first-order chi connectivity index (χ1) is 23.7. The number of nitrogens with zero attached hydrogens (tertiary/aromatic N) is 3. The zero-order chi connectivity index (χ0) is 34.5. The molecule has 0 saturated carbocycles. The first kappa shape index (κ1) is 33.8. The number of thioether (sulfide) groups is 1. The molecule has 6 rings (SSSR count). The summed E-state index contributed by atoms with van der Waals surface area (Å²) < 4.78 is 17.9. The lowest BCUT2D eigenvalue weighted by molar-refractivity contribution is -0.132. The Balaban J connectivity index is 1.34. The normalized spacial score (nSPS) is 15.4. The molecule has 0 aliphatic carbocycles. The fourth-order valence-electron chi connectivity index (χ4n) is 5.49. The standard InChI is InChI=1S/C38H35N3O6S2/c1-5-46-30-18-15-28(20-31(30)45-4)33-32(34(42)27-13-16-29(17-14-27)47-21-26-8-6-7-24(3)19-26)35(43)36(44)41(33)37-39-40-38(49-37)48-22-25-11-9-23(2)10-12-25/h6-20,33,42H,5,21-22H2,1-4H3/b34-32+. The number of benzene rings is 4. The second-order valence-electron chi connectivity index (χ2n) is 11.4. The third-order valence-electron chi connectivity index (χ3n) is 7.95. The molecule has 1 aromatic heterocycles. The molecule has 1 saturated heterocycles. The number of ether oxygens (including phenoxy) is 3. The number of hydrogen-bond donors (Lipinski definition) is 1. The smallest absolute Gasteiger partial charge is 0.301 e. The Morgan fingerprint density at radius 3 is 2.37 bits per heavy atom. The molecule has 1 aliphatic rings. The van der Waals surface area contributed by atoms with Crippen LogP contribution in [0.3, 0.4) is 0 Å². The molecule has 1 unspecified atom stereocenters. The Hall–Kier alpha value is -5.13. The van der Waals surface area contributed by atoms with E-state index in [-0.39, 0.29) is 16.5 Å². The topological polar surface area (TPSA) is 111 Å². The molecule has 0 spiro atoms. The fourth-order valence-corrected chi connectivity index (χ4v) is 7.32. The maximum atomic E-state index is 13.8. The van der Waals surface area contributed by atoms with E-state index < -0.39 is 17.7 Å². The van der Waals surface area contributed by atoms with Crippen molar-refractivity contribution in [3.63, 3.8) is 0 Å². The predicted octanol–water partition coefficient (Wildman–Crippen LogP) is 8.06. The maximum Gasteiger partial charge on any atom is 0.301 e. The van der Waals surface area contributed by atoms with E-state index in [4.69, 9.17) is 14.2 Å². The number of carbonyl (C=O) groups is 2. The van der Waals surface area contributed by atoms with Crippen molar-refractivity contribution in [2.24, 2.45) is 0 Å². The van der Waals surface area contributed by atoms with Crippen molar-refractivity contribution < 1.29 is 28.9 Å². The van der Waals surface area contributed by atoms with E-state index in [1.54, 1.807) is 42.5 Å². The van der Waals surface area contributed by atoms with Gasteiger partial charge in [-0.3, -0.25) is 14.5 Å². The van der Waals surface area contributed by atoms with E-state index in [2.05, 4.69) is 40.5 Å². The van der Waals surface area contributed by atoms with E-state index >= 15 is 0 Å². The van der Waals surface area contributed by atoms with Gasteiger partial charge >= 0.3 is 5.91 Å². The van der Waals surface area contributed by atoms with Gasteiger partial charge in [-0.15, -0.1) is 10.2 Å². The van der Waals surface area contributed by atoms with Gasteiger partial charge in [0.1, 0.15) is 18.1 Å². The molecule has 1 aliphatic heterocycles. The first-order valence-electron chi connectivity index (χ1n) is 15.7. The number of methoxy groups -OCH3 is 1. The summed E-state index contributed by atoms with van der Waals surface area (Å²) in [6.45, 7) is 6.73. The summed E-state index contributed by atoms with van der Waals surface area (Å²) in [4.78, 5) is 28.8. The Labute approximate surface area is 293 Å². The van der Waals surface area contributed by atoms with E-state index in [1.165, 1.54) is 40.7 Å². The number of hydrogen-bond acceptors (Lipinski definition) is 10. The molecule has 250 valence electrons. The lowest BCUT2D eigenvalue weighted by Gasteiger charge is -2.23. The van der Waals surface area contributed by atoms with Crippen LogP contribution in [0.2, 0.25) is 0 Å². The lowest BCUT2D eigenvalue weighted by Crippen LogP contribution is -2.29. The second kappa shape index (κ2) is 15.0. The average Bonchev–Trinajstić information content (AvgIpc) is 3.68. The van der Waals surface area contributed by atoms with Gasteiger partial charge in [0.2, 0.25) is 5.13 Å². The molecule has 9 nitrogen and oxygen atoms in total. The molecule has 5 aromatic rings. The van der Waals surface area contributed by atoms with Crippen LogP contribution in [0.5, 0.6) is 17.2 Å². The number of anilines is 1. The Bertz CT molecular complexity index is 2010. The summed E-state index contributed by atoms with van der Waals surface area (Å²) >= 11 is 2.70. The molecule has 49 heavy (non-hydrogen) atoms. The zero-order valence-electron chi connectivity index (χ0n) is 27.5. The fraction of sp³-hybridized carbons (Fsp3) is 0.211. The van der Waals surface area contributed by atoms with E-state index in [0.717, 1.165) is 16.7 Å². The molecule has 0 bridgehead atoms. The highest BCUT2D eigenvalue weighted by molar-refractivity contribution is 8.00. The van der Waals surface area contributed by atoms with Gasteiger partial charge in [-0.1, -0.05) is 88.8 Å². The van der Waals surface area contributed by atoms with Crippen LogP contribution >= 0.6 is 23.1 Å². The molecule has 1 amide bonds. The number of aryl methyl sites for hydroxylation is 2. The van der Waals surface area contributed by atoms with Crippen molar-refractivity contribution >= 4 is 45.7 Å².